The van der Waals surface area contributed by atoms with Crippen LogP contribution in [-0.4, -0.2) is 31.0 Å². The molecule has 32 heavy (non-hydrogen) atoms. The summed E-state index contributed by atoms with van der Waals surface area (Å²) in [5.41, 5.74) is 3.92. The summed E-state index contributed by atoms with van der Waals surface area (Å²) in [7, 11) is 2.88. The van der Waals surface area contributed by atoms with Gasteiger partial charge in [0.2, 0.25) is 0 Å². The number of hydrogen-bond acceptors (Lipinski definition) is 6. The third-order valence-electron chi connectivity index (χ3n) is 5.49. The van der Waals surface area contributed by atoms with Gasteiger partial charge >= 0.3 is 5.97 Å². The van der Waals surface area contributed by atoms with Crippen molar-refractivity contribution in [2.45, 2.75) is 18.6 Å². The first kappa shape index (κ1) is 21.9. The molecule has 2 N–H and O–H groups in total. The van der Waals surface area contributed by atoms with Crippen LogP contribution in [-0.2, 0) is 4.74 Å². The number of carbonyl (C=O) groups excluding carboxylic acids is 1. The summed E-state index contributed by atoms with van der Waals surface area (Å²) in [5, 5.41) is 14.9. The van der Waals surface area contributed by atoms with E-state index >= 15 is 0 Å². The van der Waals surface area contributed by atoms with Gasteiger partial charge in [0, 0.05) is 28.8 Å². The normalized spacial score (nSPS) is 18.0. The van der Waals surface area contributed by atoms with E-state index in [-0.39, 0.29) is 18.0 Å². The van der Waals surface area contributed by atoms with Crippen molar-refractivity contribution in [1.29, 1.82) is 0 Å². The molecular weight excluding hydrogens is 428 g/mol. The van der Waals surface area contributed by atoms with Gasteiger partial charge in [0.1, 0.15) is 6.17 Å². The molecule has 0 aromatic heterocycles. The molecule has 6 nitrogen and oxygen atoms in total. The van der Waals surface area contributed by atoms with Gasteiger partial charge in [-0.2, -0.15) is 0 Å². The average molecular weight is 451 g/mol. The molecule has 1 aliphatic rings. The standard InChI is InChI=1S/C25H23ClN2O4/c1-31-22-5-3-4-19(23(22)29)21-14-20(15-10-12-18(26)13-11-15)27-24(28-21)16-6-8-17(9-7-16)25(30)32-2/h3-13,21,24,28-29H,14H2,1-2H3/t21-,24+/m1/s1. The highest BCUT2D eigenvalue weighted by molar-refractivity contribution is 6.30. The third kappa shape index (κ3) is 4.47. The van der Waals surface area contributed by atoms with Gasteiger partial charge in [-0.15, -0.1) is 0 Å². The number of aromatic hydroxyl groups is 1. The minimum absolute atomic E-state index is 0.102. The molecule has 3 aromatic carbocycles. The summed E-state index contributed by atoms with van der Waals surface area (Å²) < 4.78 is 10.1. The summed E-state index contributed by atoms with van der Waals surface area (Å²) in [4.78, 5) is 16.7. The number of phenols is 1. The highest BCUT2D eigenvalue weighted by Crippen LogP contribution is 2.38. The van der Waals surface area contributed by atoms with Gasteiger partial charge in [-0.1, -0.05) is 48.0 Å². The van der Waals surface area contributed by atoms with Gasteiger partial charge in [-0.05, 0) is 41.5 Å². The molecule has 2 atom stereocenters. The molecule has 0 unspecified atom stereocenters. The Balaban J connectivity index is 1.73. The van der Waals surface area contributed by atoms with E-state index in [1.54, 1.807) is 18.2 Å². The van der Waals surface area contributed by atoms with Crippen molar-refractivity contribution >= 4 is 23.3 Å². The van der Waals surface area contributed by atoms with Crippen LogP contribution in [0.4, 0.5) is 0 Å². The first-order valence-electron chi connectivity index (χ1n) is 10.1. The number of carbonyl (C=O) groups is 1. The third-order valence-corrected chi connectivity index (χ3v) is 5.74. The SMILES string of the molecule is COC(=O)c1ccc([C@H]2N=C(c3ccc(Cl)cc3)C[C@H](c3cccc(OC)c3O)N2)cc1. The van der Waals surface area contributed by atoms with E-state index in [9.17, 15) is 9.90 Å². The monoisotopic (exact) mass is 450 g/mol. The van der Waals surface area contributed by atoms with E-state index in [0.717, 1.165) is 22.4 Å². The summed E-state index contributed by atoms with van der Waals surface area (Å²) >= 11 is 6.07. The van der Waals surface area contributed by atoms with Crippen LogP contribution >= 0.6 is 11.6 Å². The molecule has 0 spiro atoms. The van der Waals surface area contributed by atoms with Crippen LogP contribution in [0, 0.1) is 0 Å². The molecule has 0 bridgehead atoms. The lowest BCUT2D eigenvalue weighted by molar-refractivity contribution is 0.0600. The van der Waals surface area contributed by atoms with Gasteiger partial charge in [-0.3, -0.25) is 10.3 Å². The van der Waals surface area contributed by atoms with Gasteiger partial charge in [0.15, 0.2) is 11.5 Å². The van der Waals surface area contributed by atoms with Gasteiger partial charge in [-0.25, -0.2) is 4.79 Å². The maximum absolute atomic E-state index is 11.8. The molecule has 7 heteroatoms. The van der Waals surface area contributed by atoms with Crippen molar-refractivity contribution in [1.82, 2.24) is 5.32 Å². The van der Waals surface area contributed by atoms with Crippen LogP contribution in [0.3, 0.4) is 0 Å². The van der Waals surface area contributed by atoms with Crippen LogP contribution < -0.4 is 10.1 Å². The van der Waals surface area contributed by atoms with E-state index in [1.165, 1.54) is 14.2 Å². The van der Waals surface area contributed by atoms with E-state index in [4.69, 9.17) is 26.1 Å². The highest BCUT2D eigenvalue weighted by atomic mass is 35.5. The van der Waals surface area contributed by atoms with E-state index in [0.29, 0.717) is 22.8 Å². The van der Waals surface area contributed by atoms with Crippen molar-refractivity contribution in [3.05, 3.63) is 94.0 Å². The van der Waals surface area contributed by atoms with Crippen molar-refractivity contribution in [2.75, 3.05) is 14.2 Å². The Morgan fingerprint density at radius 3 is 2.44 bits per heavy atom. The molecule has 0 aliphatic carbocycles. The number of nitrogens with zero attached hydrogens (tertiary/aromatic N) is 1. The van der Waals surface area contributed by atoms with Crippen molar-refractivity contribution in [3.63, 3.8) is 0 Å². The molecular formula is C25H23ClN2O4. The summed E-state index contributed by atoms with van der Waals surface area (Å²) in [6, 6.07) is 19.9. The predicted octanol–water partition coefficient (Wildman–Crippen LogP) is 5.06. The summed E-state index contributed by atoms with van der Waals surface area (Å²) in [5.74, 6) is 0.126. The minimum atomic E-state index is -0.391. The maximum atomic E-state index is 11.8. The molecule has 4 rings (SSSR count). The van der Waals surface area contributed by atoms with E-state index in [1.807, 2.05) is 48.5 Å². The number of rotatable bonds is 5. The van der Waals surface area contributed by atoms with Crippen molar-refractivity contribution < 1.29 is 19.4 Å². The fourth-order valence-corrected chi connectivity index (χ4v) is 3.92. The maximum Gasteiger partial charge on any atom is 0.337 e. The van der Waals surface area contributed by atoms with Gasteiger partial charge in [0.25, 0.3) is 0 Å². The first-order chi connectivity index (χ1) is 15.5. The number of benzene rings is 3. The Bertz CT molecular complexity index is 1140. The largest absolute Gasteiger partial charge is 0.504 e. The number of esters is 1. The predicted molar refractivity (Wildman–Crippen MR) is 124 cm³/mol. The lowest BCUT2D eigenvalue weighted by Gasteiger charge is -2.31. The van der Waals surface area contributed by atoms with Crippen molar-refractivity contribution in [3.8, 4) is 11.5 Å². The number of para-hydroxylation sites is 1. The summed E-state index contributed by atoms with van der Waals surface area (Å²) in [6.07, 6.45) is 0.191. The zero-order valence-corrected chi connectivity index (χ0v) is 18.5. The Morgan fingerprint density at radius 2 is 1.78 bits per heavy atom. The number of methoxy groups -OCH3 is 2. The smallest absolute Gasteiger partial charge is 0.337 e. The fraction of sp³-hybridized carbons (Fsp3) is 0.200. The molecule has 0 amide bonds. The molecule has 1 aliphatic heterocycles. The number of halogens is 1. The van der Waals surface area contributed by atoms with Crippen LogP contribution in [0.15, 0.2) is 71.7 Å². The molecule has 0 saturated heterocycles. The zero-order valence-electron chi connectivity index (χ0n) is 17.7. The van der Waals surface area contributed by atoms with Crippen LogP contribution in [0.5, 0.6) is 11.5 Å². The number of hydrogen-bond donors (Lipinski definition) is 2. The van der Waals surface area contributed by atoms with E-state index in [2.05, 4.69) is 5.32 Å². The second-order valence-electron chi connectivity index (χ2n) is 7.42. The second kappa shape index (κ2) is 9.42. The highest BCUT2D eigenvalue weighted by Gasteiger charge is 2.28. The molecule has 3 aromatic rings. The topological polar surface area (TPSA) is 80.2 Å². The minimum Gasteiger partial charge on any atom is -0.504 e. The van der Waals surface area contributed by atoms with Crippen LogP contribution in [0.2, 0.25) is 5.02 Å². The number of aliphatic imine (C=N–C) groups is 1. The van der Waals surface area contributed by atoms with Gasteiger partial charge in [0.05, 0.1) is 19.8 Å². The molecule has 0 radical (unpaired) electrons. The molecule has 164 valence electrons. The molecule has 1 heterocycles. The average Bonchev–Trinajstić information content (AvgIpc) is 2.84. The molecule has 0 fully saturated rings. The van der Waals surface area contributed by atoms with E-state index < -0.39 is 5.97 Å². The second-order valence-corrected chi connectivity index (χ2v) is 7.86. The number of ether oxygens (including phenoxy) is 2. The van der Waals surface area contributed by atoms with Gasteiger partial charge < -0.3 is 14.6 Å². The first-order valence-corrected chi connectivity index (χ1v) is 10.5. The Morgan fingerprint density at radius 1 is 1.06 bits per heavy atom. The fourth-order valence-electron chi connectivity index (χ4n) is 3.80. The Labute approximate surface area is 191 Å². The molecule has 0 saturated carbocycles. The number of nitrogens with one attached hydrogen (secondary N) is 1. The lowest BCUT2D eigenvalue weighted by atomic mass is 9.93. The number of phenolic OH excluding ortho intramolecular Hbond substituents is 1. The lowest BCUT2D eigenvalue weighted by Crippen LogP contribution is -2.33. The van der Waals surface area contributed by atoms with Crippen molar-refractivity contribution in [2.24, 2.45) is 4.99 Å². The van der Waals surface area contributed by atoms with Crippen LogP contribution in [0.1, 0.15) is 45.7 Å². The Kier molecular flexibility index (Phi) is 6.44. The van der Waals surface area contributed by atoms with Crippen LogP contribution in [0.25, 0.3) is 0 Å². The zero-order chi connectivity index (χ0) is 22.7. The quantitative estimate of drug-likeness (QED) is 0.531. The Hall–Kier alpha value is -3.35. The summed E-state index contributed by atoms with van der Waals surface area (Å²) in [6.45, 7) is 0.